The highest BCUT2D eigenvalue weighted by atomic mass is 79.9. The quantitative estimate of drug-likeness (QED) is 0.446. The molecule has 0 aromatic heterocycles. The lowest BCUT2D eigenvalue weighted by Gasteiger charge is -2.11. The number of hydrogen-bond acceptors (Lipinski definition) is 0. The second-order valence-corrected chi connectivity index (χ2v) is 11.2. The summed E-state index contributed by atoms with van der Waals surface area (Å²) in [7, 11) is 0. The summed E-state index contributed by atoms with van der Waals surface area (Å²) >= 11 is 21.0. The Hall–Kier alpha value is 0.787. The van der Waals surface area contributed by atoms with Gasteiger partial charge in [0.15, 0.2) is 0 Å². The summed E-state index contributed by atoms with van der Waals surface area (Å²) in [6, 6.07) is 4.94. The molecule has 1 aromatic carbocycles. The minimum Gasteiger partial charge on any atom is -0.121 e. The van der Waals surface area contributed by atoms with Crippen molar-refractivity contribution in [2.75, 3.05) is 0 Å². The average molecular weight is 304 g/mol. The van der Waals surface area contributed by atoms with E-state index in [2.05, 4.69) is 15.9 Å². The summed E-state index contributed by atoms with van der Waals surface area (Å²) in [5, 5.41) is 1.59. The molecule has 0 spiro atoms. The van der Waals surface area contributed by atoms with E-state index in [4.69, 9.17) is 33.2 Å². The maximum atomic E-state index is 5.89. The molecule has 0 amide bonds. The number of alkyl halides is 1. The van der Waals surface area contributed by atoms with Gasteiger partial charge in [0.2, 0.25) is 0 Å². The zero-order valence-corrected chi connectivity index (χ0v) is 10.9. The van der Waals surface area contributed by atoms with E-state index in [0.717, 1.165) is 16.1 Å². The highest BCUT2D eigenvalue weighted by Crippen LogP contribution is 2.21. The SMILES string of the molecule is Cl[Si](Cl)(Cl)c1ccccc1CBr. The Labute approximate surface area is 95.1 Å². The minimum atomic E-state index is -2.71. The van der Waals surface area contributed by atoms with E-state index in [1.807, 2.05) is 24.3 Å². The molecular formula is C7H6BrCl3Si. The van der Waals surface area contributed by atoms with Gasteiger partial charge in [0, 0.05) is 5.33 Å². The summed E-state index contributed by atoms with van der Waals surface area (Å²) < 4.78 is 0. The molecule has 66 valence electrons. The molecular weight excluding hydrogens is 298 g/mol. The van der Waals surface area contributed by atoms with Gasteiger partial charge in [-0.3, -0.25) is 0 Å². The van der Waals surface area contributed by atoms with Gasteiger partial charge in [-0.05, 0) is 10.8 Å². The summed E-state index contributed by atoms with van der Waals surface area (Å²) in [6.07, 6.45) is 0. The fraction of sp³-hybridized carbons (Fsp3) is 0.143. The van der Waals surface area contributed by atoms with Gasteiger partial charge in [-0.1, -0.05) is 40.2 Å². The van der Waals surface area contributed by atoms with Gasteiger partial charge < -0.3 is 0 Å². The van der Waals surface area contributed by atoms with Crippen molar-refractivity contribution in [3.05, 3.63) is 29.8 Å². The number of halogens is 4. The average Bonchev–Trinajstić information content (AvgIpc) is 2.03. The van der Waals surface area contributed by atoms with Gasteiger partial charge >= 0.3 is 6.00 Å². The molecule has 0 saturated heterocycles. The van der Waals surface area contributed by atoms with Crippen LogP contribution < -0.4 is 5.19 Å². The topological polar surface area (TPSA) is 0 Å². The molecule has 0 atom stereocenters. The molecule has 0 heterocycles. The van der Waals surface area contributed by atoms with Gasteiger partial charge in [-0.15, -0.1) is 33.2 Å². The Morgan fingerprint density at radius 3 is 2.17 bits per heavy atom. The number of rotatable bonds is 2. The molecule has 1 aromatic rings. The summed E-state index contributed by atoms with van der Waals surface area (Å²) in [5.74, 6) is 0. The maximum Gasteiger partial charge on any atom is 0.373 e. The van der Waals surface area contributed by atoms with Gasteiger partial charge in [0.25, 0.3) is 0 Å². The predicted octanol–water partition coefficient (Wildman–Crippen LogP) is 3.44. The molecule has 0 aliphatic carbocycles. The molecule has 0 aliphatic rings. The van der Waals surface area contributed by atoms with Crippen molar-refractivity contribution in [2.45, 2.75) is 5.33 Å². The Morgan fingerprint density at radius 2 is 1.75 bits per heavy atom. The zero-order chi connectivity index (χ0) is 9.19. The van der Waals surface area contributed by atoms with Crippen molar-refractivity contribution < 1.29 is 0 Å². The fourth-order valence-electron chi connectivity index (χ4n) is 0.913. The van der Waals surface area contributed by atoms with Crippen molar-refractivity contribution in [1.29, 1.82) is 0 Å². The van der Waals surface area contributed by atoms with E-state index in [1.54, 1.807) is 0 Å². The predicted molar refractivity (Wildman–Crippen MR) is 62.0 cm³/mol. The molecule has 5 heteroatoms. The van der Waals surface area contributed by atoms with Crippen LogP contribution in [0.5, 0.6) is 0 Å². The zero-order valence-electron chi connectivity index (χ0n) is 6.03. The van der Waals surface area contributed by atoms with E-state index in [9.17, 15) is 0 Å². The highest BCUT2D eigenvalue weighted by Gasteiger charge is 2.29. The van der Waals surface area contributed by atoms with Crippen molar-refractivity contribution >= 4 is 60.4 Å². The summed E-state index contributed by atoms with van der Waals surface area (Å²) in [4.78, 5) is 0. The van der Waals surface area contributed by atoms with Crippen LogP contribution in [0.2, 0.25) is 0 Å². The van der Waals surface area contributed by atoms with Crippen molar-refractivity contribution in [3.8, 4) is 0 Å². The summed E-state index contributed by atoms with van der Waals surface area (Å²) in [6.45, 7) is 0. The second kappa shape index (κ2) is 4.34. The Morgan fingerprint density at radius 1 is 1.17 bits per heavy atom. The number of benzene rings is 1. The van der Waals surface area contributed by atoms with Crippen LogP contribution in [0.4, 0.5) is 0 Å². The first-order valence-corrected chi connectivity index (χ1v) is 9.42. The Bertz CT molecular complexity index is 272. The van der Waals surface area contributed by atoms with Crippen LogP contribution >= 0.6 is 49.2 Å². The lowest BCUT2D eigenvalue weighted by Crippen LogP contribution is -2.32. The van der Waals surface area contributed by atoms with E-state index in [1.165, 1.54) is 0 Å². The lowest BCUT2D eigenvalue weighted by atomic mass is 10.2. The third-order valence-corrected chi connectivity index (χ3v) is 5.00. The molecule has 0 unspecified atom stereocenters. The monoisotopic (exact) mass is 302 g/mol. The van der Waals surface area contributed by atoms with Crippen LogP contribution in [-0.2, 0) is 5.33 Å². The lowest BCUT2D eigenvalue weighted by molar-refractivity contribution is 1.48. The van der Waals surface area contributed by atoms with E-state index in [-0.39, 0.29) is 0 Å². The normalized spacial score (nSPS) is 11.7. The molecule has 0 bridgehead atoms. The van der Waals surface area contributed by atoms with Crippen LogP contribution in [0.25, 0.3) is 0 Å². The van der Waals surface area contributed by atoms with Crippen LogP contribution in [0.3, 0.4) is 0 Å². The first-order valence-electron chi connectivity index (χ1n) is 3.27. The van der Waals surface area contributed by atoms with Crippen LogP contribution in [0, 0.1) is 0 Å². The van der Waals surface area contributed by atoms with E-state index < -0.39 is 6.00 Å². The first kappa shape index (κ1) is 10.9. The smallest absolute Gasteiger partial charge is 0.121 e. The molecule has 0 aliphatic heterocycles. The van der Waals surface area contributed by atoms with Gasteiger partial charge in [-0.25, -0.2) is 0 Å². The third-order valence-electron chi connectivity index (χ3n) is 1.47. The van der Waals surface area contributed by atoms with Gasteiger partial charge in [0.1, 0.15) is 0 Å². The van der Waals surface area contributed by atoms with Crippen molar-refractivity contribution in [3.63, 3.8) is 0 Å². The summed E-state index contributed by atoms with van der Waals surface area (Å²) in [5.41, 5.74) is 1.06. The van der Waals surface area contributed by atoms with Gasteiger partial charge in [0.05, 0.1) is 0 Å². The molecule has 0 fully saturated rings. The highest BCUT2D eigenvalue weighted by molar-refractivity contribution is 9.08. The van der Waals surface area contributed by atoms with Crippen molar-refractivity contribution in [1.82, 2.24) is 0 Å². The van der Waals surface area contributed by atoms with Crippen LogP contribution in [0.15, 0.2) is 24.3 Å². The molecule has 1 rings (SSSR count). The van der Waals surface area contributed by atoms with E-state index >= 15 is 0 Å². The Balaban J connectivity index is 3.14. The van der Waals surface area contributed by atoms with Crippen LogP contribution in [0.1, 0.15) is 5.56 Å². The fourth-order valence-corrected chi connectivity index (χ4v) is 4.14. The molecule has 0 radical (unpaired) electrons. The molecule has 0 N–H and O–H groups in total. The van der Waals surface area contributed by atoms with Crippen molar-refractivity contribution in [2.24, 2.45) is 0 Å². The van der Waals surface area contributed by atoms with Crippen LogP contribution in [-0.4, -0.2) is 6.00 Å². The van der Waals surface area contributed by atoms with E-state index in [0.29, 0.717) is 0 Å². The third kappa shape index (κ3) is 2.64. The number of hydrogen-bond donors (Lipinski definition) is 0. The van der Waals surface area contributed by atoms with Gasteiger partial charge in [-0.2, -0.15) is 0 Å². The molecule has 0 saturated carbocycles. The first-order chi connectivity index (χ1) is 5.55. The Kier molecular flexibility index (Phi) is 3.93. The minimum absolute atomic E-state index is 0.726. The standard InChI is InChI=1S/C7H6BrCl3Si/c8-5-6-3-1-2-4-7(6)12(9,10)11/h1-4H,5H2. The molecule has 12 heavy (non-hydrogen) atoms. The largest absolute Gasteiger partial charge is 0.373 e. The molecule has 0 nitrogen and oxygen atoms in total. The second-order valence-electron chi connectivity index (χ2n) is 2.29. The maximum absolute atomic E-state index is 5.89.